The average molecular weight is 241 g/mol. The first-order chi connectivity index (χ1) is 8.83. The molecule has 92 valence electrons. The molecular formula is C14H15N3O. The fourth-order valence-corrected chi connectivity index (χ4v) is 1.52. The molecule has 1 N–H and O–H groups in total. The summed E-state index contributed by atoms with van der Waals surface area (Å²) in [6.07, 6.45) is 0. The van der Waals surface area contributed by atoms with Crippen molar-refractivity contribution < 1.29 is 4.74 Å². The van der Waals surface area contributed by atoms with Crippen molar-refractivity contribution in [1.82, 2.24) is 0 Å². The Morgan fingerprint density at radius 2 is 1.78 bits per heavy atom. The lowest BCUT2D eigenvalue weighted by Gasteiger charge is -2.06. The molecule has 2 rings (SSSR count). The zero-order valence-electron chi connectivity index (χ0n) is 10.4. The molecule has 4 heteroatoms. The molecule has 0 saturated heterocycles. The predicted molar refractivity (Wildman–Crippen MR) is 73.2 cm³/mol. The Balaban J connectivity index is 2.26. The van der Waals surface area contributed by atoms with Crippen LogP contribution in [-0.4, -0.2) is 14.2 Å². The molecule has 0 aliphatic heterocycles. The molecule has 0 fully saturated rings. The molecule has 0 saturated carbocycles. The van der Waals surface area contributed by atoms with Crippen LogP contribution >= 0.6 is 0 Å². The summed E-state index contributed by atoms with van der Waals surface area (Å²) in [4.78, 5) is 0. The van der Waals surface area contributed by atoms with Gasteiger partial charge in [-0.2, -0.15) is 5.11 Å². The van der Waals surface area contributed by atoms with Crippen molar-refractivity contribution in [3.63, 3.8) is 0 Å². The van der Waals surface area contributed by atoms with E-state index in [1.165, 1.54) is 0 Å². The normalized spacial score (nSPS) is 10.6. The van der Waals surface area contributed by atoms with Crippen molar-refractivity contribution in [3.05, 3.63) is 48.5 Å². The van der Waals surface area contributed by atoms with Crippen molar-refractivity contribution in [1.29, 1.82) is 0 Å². The molecule has 0 heterocycles. The van der Waals surface area contributed by atoms with Crippen molar-refractivity contribution >= 4 is 17.1 Å². The molecule has 0 radical (unpaired) electrons. The fourth-order valence-electron chi connectivity index (χ4n) is 1.52. The molecule has 4 nitrogen and oxygen atoms in total. The number of hydrogen-bond donors (Lipinski definition) is 1. The van der Waals surface area contributed by atoms with Gasteiger partial charge in [-0.15, -0.1) is 5.11 Å². The van der Waals surface area contributed by atoms with E-state index in [1.54, 1.807) is 7.11 Å². The number of benzene rings is 2. The molecule has 0 aromatic heterocycles. The van der Waals surface area contributed by atoms with Crippen LogP contribution in [0.4, 0.5) is 17.1 Å². The van der Waals surface area contributed by atoms with Gasteiger partial charge in [0.1, 0.15) is 11.4 Å². The second kappa shape index (κ2) is 5.82. The van der Waals surface area contributed by atoms with Crippen molar-refractivity contribution in [2.24, 2.45) is 10.2 Å². The summed E-state index contributed by atoms with van der Waals surface area (Å²) in [5.74, 6) is 0.696. The summed E-state index contributed by atoms with van der Waals surface area (Å²) < 4.78 is 5.28. The molecule has 0 amide bonds. The monoisotopic (exact) mass is 241 g/mol. The number of methoxy groups -OCH3 is 1. The number of nitrogens with zero attached hydrogens (tertiary/aromatic N) is 2. The van der Waals surface area contributed by atoms with Gasteiger partial charge in [-0.1, -0.05) is 18.2 Å². The molecule has 0 aliphatic carbocycles. The highest BCUT2D eigenvalue weighted by atomic mass is 16.5. The summed E-state index contributed by atoms with van der Waals surface area (Å²) in [5.41, 5.74) is 2.50. The maximum absolute atomic E-state index is 5.28. The maximum Gasteiger partial charge on any atom is 0.148 e. The predicted octanol–water partition coefficient (Wildman–Crippen LogP) is 4.15. The number of anilines is 1. The lowest BCUT2D eigenvalue weighted by atomic mass is 10.2. The Morgan fingerprint density at radius 3 is 2.44 bits per heavy atom. The largest absolute Gasteiger partial charge is 0.494 e. The Labute approximate surface area is 106 Å². The molecule has 0 atom stereocenters. The molecule has 18 heavy (non-hydrogen) atoms. The smallest absolute Gasteiger partial charge is 0.148 e. The number of azo groups is 1. The summed E-state index contributed by atoms with van der Waals surface area (Å²) in [6, 6.07) is 15.3. The SMILES string of the molecule is CNc1ccc(N=Nc2ccccc2)c(OC)c1. The summed E-state index contributed by atoms with van der Waals surface area (Å²) in [6.45, 7) is 0. The number of rotatable bonds is 4. The third-order valence-electron chi connectivity index (χ3n) is 2.50. The molecule has 0 spiro atoms. The standard InChI is InChI=1S/C14H15N3O/c1-15-12-8-9-13(14(10-12)18-2)17-16-11-6-4-3-5-7-11/h3-10,15H,1-2H3. The van der Waals surface area contributed by atoms with Crippen LogP contribution in [0.5, 0.6) is 5.75 Å². The van der Waals surface area contributed by atoms with Crippen LogP contribution in [0.3, 0.4) is 0 Å². The van der Waals surface area contributed by atoms with E-state index in [0.29, 0.717) is 11.4 Å². The molecule has 2 aromatic carbocycles. The Bertz CT molecular complexity index is 538. The molecule has 0 unspecified atom stereocenters. The minimum Gasteiger partial charge on any atom is -0.494 e. The van der Waals surface area contributed by atoms with Crippen LogP contribution in [0.1, 0.15) is 0 Å². The van der Waals surface area contributed by atoms with Gasteiger partial charge in [0.2, 0.25) is 0 Å². The van der Waals surface area contributed by atoms with Gasteiger partial charge in [0, 0.05) is 18.8 Å². The minimum absolute atomic E-state index is 0.696. The van der Waals surface area contributed by atoms with Gasteiger partial charge < -0.3 is 10.1 Å². The van der Waals surface area contributed by atoms with Crippen LogP contribution in [0, 0.1) is 0 Å². The molecule has 0 aliphatic rings. The van der Waals surface area contributed by atoms with E-state index < -0.39 is 0 Å². The quantitative estimate of drug-likeness (QED) is 0.817. The van der Waals surface area contributed by atoms with E-state index >= 15 is 0 Å². The van der Waals surface area contributed by atoms with E-state index in [-0.39, 0.29) is 0 Å². The average Bonchev–Trinajstić information content (AvgIpc) is 2.46. The zero-order valence-corrected chi connectivity index (χ0v) is 10.4. The first kappa shape index (κ1) is 12.1. The highest BCUT2D eigenvalue weighted by molar-refractivity contribution is 5.60. The third-order valence-corrected chi connectivity index (χ3v) is 2.50. The van der Waals surface area contributed by atoms with Crippen LogP contribution in [0.2, 0.25) is 0 Å². The van der Waals surface area contributed by atoms with Crippen LogP contribution in [0.25, 0.3) is 0 Å². The van der Waals surface area contributed by atoms with Crippen LogP contribution in [-0.2, 0) is 0 Å². The van der Waals surface area contributed by atoms with E-state index in [0.717, 1.165) is 11.4 Å². The zero-order chi connectivity index (χ0) is 12.8. The number of ether oxygens (including phenoxy) is 1. The van der Waals surface area contributed by atoms with Gasteiger partial charge in [-0.25, -0.2) is 0 Å². The fraction of sp³-hybridized carbons (Fsp3) is 0.143. The lowest BCUT2D eigenvalue weighted by Crippen LogP contribution is -1.89. The molecule has 2 aromatic rings. The van der Waals surface area contributed by atoms with Crippen molar-refractivity contribution in [3.8, 4) is 5.75 Å². The second-order valence-corrected chi connectivity index (χ2v) is 3.67. The van der Waals surface area contributed by atoms with Gasteiger partial charge in [-0.3, -0.25) is 0 Å². The summed E-state index contributed by atoms with van der Waals surface area (Å²) >= 11 is 0. The maximum atomic E-state index is 5.28. The van der Waals surface area contributed by atoms with Crippen LogP contribution < -0.4 is 10.1 Å². The minimum atomic E-state index is 0.696. The highest BCUT2D eigenvalue weighted by Gasteiger charge is 2.02. The second-order valence-electron chi connectivity index (χ2n) is 3.67. The Morgan fingerprint density at radius 1 is 1.00 bits per heavy atom. The first-order valence-corrected chi connectivity index (χ1v) is 5.66. The number of nitrogens with one attached hydrogen (secondary N) is 1. The van der Waals surface area contributed by atoms with Gasteiger partial charge in [-0.05, 0) is 24.3 Å². The highest BCUT2D eigenvalue weighted by Crippen LogP contribution is 2.31. The van der Waals surface area contributed by atoms with Crippen LogP contribution in [0.15, 0.2) is 58.8 Å². The van der Waals surface area contributed by atoms with Gasteiger partial charge in [0.05, 0.1) is 12.8 Å². The third kappa shape index (κ3) is 2.85. The lowest BCUT2D eigenvalue weighted by molar-refractivity contribution is 0.416. The Kier molecular flexibility index (Phi) is 3.91. The van der Waals surface area contributed by atoms with Crippen molar-refractivity contribution in [2.75, 3.05) is 19.5 Å². The Hall–Kier alpha value is -2.36. The van der Waals surface area contributed by atoms with E-state index in [2.05, 4.69) is 15.5 Å². The van der Waals surface area contributed by atoms with E-state index in [4.69, 9.17) is 4.74 Å². The van der Waals surface area contributed by atoms with E-state index in [1.807, 2.05) is 55.6 Å². The summed E-state index contributed by atoms with van der Waals surface area (Å²) in [5, 5.41) is 11.4. The summed E-state index contributed by atoms with van der Waals surface area (Å²) in [7, 11) is 3.48. The van der Waals surface area contributed by atoms with Crippen molar-refractivity contribution in [2.45, 2.75) is 0 Å². The van der Waals surface area contributed by atoms with Gasteiger partial charge in [0.15, 0.2) is 0 Å². The van der Waals surface area contributed by atoms with E-state index in [9.17, 15) is 0 Å². The van der Waals surface area contributed by atoms with Gasteiger partial charge in [0.25, 0.3) is 0 Å². The number of hydrogen-bond acceptors (Lipinski definition) is 4. The molecule has 0 bridgehead atoms. The molecular weight excluding hydrogens is 226 g/mol. The first-order valence-electron chi connectivity index (χ1n) is 5.66. The van der Waals surface area contributed by atoms with Gasteiger partial charge >= 0.3 is 0 Å². The topological polar surface area (TPSA) is 46.0 Å².